The molecular weight excluding hydrogens is 316 g/mol. The average Bonchev–Trinajstić information content (AvgIpc) is 2.52. The zero-order valence-corrected chi connectivity index (χ0v) is 15.3. The van der Waals surface area contributed by atoms with Crippen molar-refractivity contribution < 1.29 is 9.59 Å². The molecule has 2 rings (SSSR count). The Morgan fingerprint density at radius 1 is 0.917 bits per heavy atom. The predicted octanol–water partition coefficient (Wildman–Crippen LogP) is 5.17. The van der Waals surface area contributed by atoms with Gasteiger partial charge in [-0.25, -0.2) is 0 Å². The SMILES string of the molecule is CC(C)(C)CC(=O)C(Cc1ccccc1)C(=O)Sc1ccccc1. The molecule has 0 heterocycles. The summed E-state index contributed by atoms with van der Waals surface area (Å²) in [5.74, 6) is -0.573. The van der Waals surface area contributed by atoms with E-state index in [2.05, 4.69) is 0 Å². The van der Waals surface area contributed by atoms with Crippen LogP contribution in [-0.4, -0.2) is 10.9 Å². The first-order valence-electron chi connectivity index (χ1n) is 8.18. The molecule has 126 valence electrons. The number of ketones is 1. The van der Waals surface area contributed by atoms with Gasteiger partial charge < -0.3 is 0 Å². The number of hydrogen-bond acceptors (Lipinski definition) is 3. The fourth-order valence-corrected chi connectivity index (χ4v) is 3.38. The van der Waals surface area contributed by atoms with E-state index in [4.69, 9.17) is 0 Å². The van der Waals surface area contributed by atoms with Crippen molar-refractivity contribution in [1.82, 2.24) is 0 Å². The maximum Gasteiger partial charge on any atom is 0.204 e. The van der Waals surface area contributed by atoms with Gasteiger partial charge in [0.25, 0.3) is 0 Å². The van der Waals surface area contributed by atoms with Gasteiger partial charge in [-0.1, -0.05) is 81.1 Å². The van der Waals surface area contributed by atoms with E-state index in [1.165, 1.54) is 11.8 Å². The van der Waals surface area contributed by atoms with Crippen molar-refractivity contribution in [3.63, 3.8) is 0 Å². The van der Waals surface area contributed by atoms with Crippen LogP contribution < -0.4 is 0 Å². The first-order valence-corrected chi connectivity index (χ1v) is 9.00. The molecule has 2 aromatic carbocycles. The quantitative estimate of drug-likeness (QED) is 0.537. The molecule has 0 radical (unpaired) electrons. The minimum atomic E-state index is -0.600. The highest BCUT2D eigenvalue weighted by molar-refractivity contribution is 8.13. The Balaban J connectivity index is 2.18. The van der Waals surface area contributed by atoms with Crippen LogP contribution in [0, 0.1) is 11.3 Å². The number of carbonyl (C=O) groups is 2. The zero-order valence-electron chi connectivity index (χ0n) is 14.5. The zero-order chi connectivity index (χ0) is 17.6. The van der Waals surface area contributed by atoms with Gasteiger partial charge >= 0.3 is 0 Å². The van der Waals surface area contributed by atoms with Gasteiger partial charge in [-0.15, -0.1) is 0 Å². The van der Waals surface area contributed by atoms with Crippen LogP contribution in [0.4, 0.5) is 0 Å². The summed E-state index contributed by atoms with van der Waals surface area (Å²) in [7, 11) is 0. The van der Waals surface area contributed by atoms with Crippen molar-refractivity contribution in [2.45, 2.75) is 38.5 Å². The second kappa shape index (κ2) is 8.29. The molecule has 2 aromatic rings. The minimum Gasteiger partial charge on any atom is -0.299 e. The lowest BCUT2D eigenvalue weighted by Gasteiger charge is -2.21. The predicted molar refractivity (Wildman–Crippen MR) is 100 cm³/mol. The van der Waals surface area contributed by atoms with E-state index in [0.29, 0.717) is 12.8 Å². The summed E-state index contributed by atoms with van der Waals surface area (Å²) in [6.45, 7) is 6.08. The average molecular weight is 340 g/mol. The fourth-order valence-electron chi connectivity index (χ4n) is 2.50. The van der Waals surface area contributed by atoms with Crippen LogP contribution in [0.3, 0.4) is 0 Å². The van der Waals surface area contributed by atoms with Crippen LogP contribution >= 0.6 is 11.8 Å². The number of Topliss-reactive ketones (excluding diaryl/α,β-unsaturated/α-hetero) is 1. The first-order chi connectivity index (χ1) is 11.3. The van der Waals surface area contributed by atoms with E-state index >= 15 is 0 Å². The van der Waals surface area contributed by atoms with Crippen molar-refractivity contribution in [2.24, 2.45) is 11.3 Å². The molecule has 1 atom stereocenters. The lowest BCUT2D eigenvalue weighted by Crippen LogP contribution is -2.28. The third kappa shape index (κ3) is 5.97. The molecule has 0 aromatic heterocycles. The molecule has 24 heavy (non-hydrogen) atoms. The molecule has 0 spiro atoms. The Hall–Kier alpha value is -1.87. The molecular formula is C21H24O2S. The lowest BCUT2D eigenvalue weighted by molar-refractivity contribution is -0.129. The van der Waals surface area contributed by atoms with E-state index in [1.807, 2.05) is 81.4 Å². The number of thioether (sulfide) groups is 1. The smallest absolute Gasteiger partial charge is 0.204 e. The molecule has 0 amide bonds. The molecule has 0 fully saturated rings. The fraction of sp³-hybridized carbons (Fsp3) is 0.333. The maximum atomic E-state index is 12.8. The topological polar surface area (TPSA) is 34.1 Å². The highest BCUT2D eigenvalue weighted by atomic mass is 32.2. The van der Waals surface area contributed by atoms with Crippen molar-refractivity contribution in [2.75, 3.05) is 0 Å². The van der Waals surface area contributed by atoms with Crippen LogP contribution in [0.25, 0.3) is 0 Å². The van der Waals surface area contributed by atoms with E-state index in [9.17, 15) is 9.59 Å². The van der Waals surface area contributed by atoms with E-state index in [0.717, 1.165) is 10.5 Å². The van der Waals surface area contributed by atoms with Crippen molar-refractivity contribution in [3.8, 4) is 0 Å². The summed E-state index contributed by atoms with van der Waals surface area (Å²) in [4.78, 5) is 26.4. The normalized spacial score (nSPS) is 12.6. The van der Waals surface area contributed by atoms with E-state index in [1.54, 1.807) is 0 Å². The summed E-state index contributed by atoms with van der Waals surface area (Å²) >= 11 is 1.17. The Labute approximate surface area is 148 Å². The summed E-state index contributed by atoms with van der Waals surface area (Å²) in [6.07, 6.45) is 0.875. The molecule has 2 nitrogen and oxygen atoms in total. The van der Waals surface area contributed by atoms with Crippen LogP contribution in [0.15, 0.2) is 65.6 Å². The molecule has 0 aliphatic heterocycles. The van der Waals surface area contributed by atoms with Gasteiger partial charge in [0.2, 0.25) is 5.12 Å². The highest BCUT2D eigenvalue weighted by Crippen LogP contribution is 2.28. The molecule has 0 aliphatic carbocycles. The summed E-state index contributed by atoms with van der Waals surface area (Å²) < 4.78 is 0. The molecule has 0 aliphatic rings. The van der Waals surface area contributed by atoms with E-state index in [-0.39, 0.29) is 16.3 Å². The molecule has 0 N–H and O–H groups in total. The molecule has 0 bridgehead atoms. The number of benzene rings is 2. The third-order valence-corrected chi connectivity index (χ3v) is 4.62. The molecule has 0 saturated carbocycles. The van der Waals surface area contributed by atoms with Crippen LogP contribution in [0.2, 0.25) is 0 Å². The van der Waals surface area contributed by atoms with Crippen LogP contribution in [0.5, 0.6) is 0 Å². The second-order valence-corrected chi connectivity index (χ2v) is 8.26. The molecule has 0 saturated heterocycles. The number of carbonyl (C=O) groups excluding carboxylic acids is 2. The monoisotopic (exact) mass is 340 g/mol. The van der Waals surface area contributed by atoms with Gasteiger partial charge in [0.1, 0.15) is 5.78 Å². The van der Waals surface area contributed by atoms with Gasteiger partial charge in [-0.2, -0.15) is 0 Å². The summed E-state index contributed by atoms with van der Waals surface area (Å²) in [5.41, 5.74) is 0.899. The minimum absolute atomic E-state index is 0.0276. The summed E-state index contributed by atoms with van der Waals surface area (Å²) in [5, 5.41) is -0.0701. The van der Waals surface area contributed by atoms with Crippen LogP contribution in [-0.2, 0) is 16.0 Å². The van der Waals surface area contributed by atoms with Gasteiger partial charge in [0.15, 0.2) is 0 Å². The van der Waals surface area contributed by atoms with Crippen LogP contribution in [0.1, 0.15) is 32.8 Å². The molecule has 1 unspecified atom stereocenters. The van der Waals surface area contributed by atoms with Crippen molar-refractivity contribution in [1.29, 1.82) is 0 Å². The standard InChI is InChI=1S/C21H24O2S/c1-21(2,3)15-19(22)18(14-16-10-6-4-7-11-16)20(23)24-17-12-8-5-9-13-17/h4-13,18H,14-15H2,1-3H3. The van der Waals surface area contributed by atoms with Gasteiger partial charge in [-0.3, -0.25) is 9.59 Å². The first kappa shape index (κ1) is 18.5. The Kier molecular flexibility index (Phi) is 6.38. The molecule has 3 heteroatoms. The Bertz CT molecular complexity index is 672. The number of rotatable bonds is 6. The maximum absolute atomic E-state index is 12.8. The third-order valence-electron chi connectivity index (χ3n) is 3.62. The van der Waals surface area contributed by atoms with Crippen molar-refractivity contribution >= 4 is 22.7 Å². The largest absolute Gasteiger partial charge is 0.299 e. The van der Waals surface area contributed by atoms with Crippen molar-refractivity contribution in [3.05, 3.63) is 66.2 Å². The number of hydrogen-bond donors (Lipinski definition) is 0. The van der Waals surface area contributed by atoms with Gasteiger partial charge in [0, 0.05) is 11.3 Å². The Morgan fingerprint density at radius 2 is 1.46 bits per heavy atom. The Morgan fingerprint density at radius 3 is 2.00 bits per heavy atom. The summed E-state index contributed by atoms with van der Waals surface area (Å²) in [6, 6.07) is 19.3. The highest BCUT2D eigenvalue weighted by Gasteiger charge is 2.30. The van der Waals surface area contributed by atoms with Gasteiger partial charge in [0.05, 0.1) is 5.92 Å². The second-order valence-electron chi connectivity index (χ2n) is 7.18. The van der Waals surface area contributed by atoms with E-state index < -0.39 is 5.92 Å². The van der Waals surface area contributed by atoms with Gasteiger partial charge in [-0.05, 0) is 29.5 Å². The lowest BCUT2D eigenvalue weighted by atomic mass is 9.84.